The molecule has 4 heteroatoms. The molecule has 1 amide bonds. The van der Waals surface area contributed by atoms with Crippen molar-refractivity contribution in [3.05, 3.63) is 23.3 Å². The fourth-order valence-corrected chi connectivity index (χ4v) is 1.74. The van der Waals surface area contributed by atoms with Crippen molar-refractivity contribution in [2.45, 2.75) is 25.7 Å². The Labute approximate surface area is 94.0 Å². The number of benzene rings is 1. The van der Waals surface area contributed by atoms with Crippen LogP contribution in [0.15, 0.2) is 12.1 Å². The Bertz CT molecular complexity index is 425. The van der Waals surface area contributed by atoms with Crippen molar-refractivity contribution >= 4 is 5.91 Å². The summed E-state index contributed by atoms with van der Waals surface area (Å²) in [5, 5.41) is 9.96. The molecule has 1 aromatic rings. The number of rotatable bonds is 4. The molecule has 0 saturated heterocycles. The number of ether oxygens (including phenoxy) is 1. The lowest BCUT2D eigenvalue weighted by molar-refractivity contribution is 0.0999. The lowest BCUT2D eigenvalue weighted by Crippen LogP contribution is -2.11. The van der Waals surface area contributed by atoms with Crippen LogP contribution in [0.5, 0.6) is 11.5 Å². The second-order valence-corrected chi connectivity index (χ2v) is 3.98. The zero-order chi connectivity index (χ0) is 11.7. The SMILES string of the molecule is CCOc1cc(C(N)=O)cc(C2CC2)c1O. The molecule has 1 aromatic carbocycles. The third kappa shape index (κ3) is 1.96. The predicted octanol–water partition coefficient (Wildman–Crippen LogP) is 1.77. The van der Waals surface area contributed by atoms with Crippen LogP contribution in [-0.4, -0.2) is 17.6 Å². The van der Waals surface area contributed by atoms with E-state index in [2.05, 4.69) is 0 Å². The fourth-order valence-electron chi connectivity index (χ4n) is 1.74. The number of carbonyl (C=O) groups excluding carboxylic acids is 1. The van der Waals surface area contributed by atoms with Gasteiger partial charge in [0.05, 0.1) is 6.61 Å². The zero-order valence-corrected chi connectivity index (χ0v) is 9.19. The van der Waals surface area contributed by atoms with E-state index in [0.717, 1.165) is 18.4 Å². The third-order valence-corrected chi connectivity index (χ3v) is 2.71. The minimum absolute atomic E-state index is 0.148. The number of nitrogens with two attached hydrogens (primary N) is 1. The Balaban J connectivity index is 2.46. The first-order chi connectivity index (χ1) is 7.63. The molecular weight excluding hydrogens is 206 g/mol. The normalized spacial score (nSPS) is 14.8. The van der Waals surface area contributed by atoms with E-state index in [1.54, 1.807) is 6.07 Å². The van der Waals surface area contributed by atoms with Crippen LogP contribution in [0.25, 0.3) is 0 Å². The van der Waals surface area contributed by atoms with Crippen LogP contribution in [0.1, 0.15) is 41.6 Å². The quantitative estimate of drug-likeness (QED) is 0.813. The highest BCUT2D eigenvalue weighted by molar-refractivity contribution is 5.94. The van der Waals surface area contributed by atoms with Crippen molar-refractivity contribution in [2.24, 2.45) is 5.73 Å². The summed E-state index contributed by atoms with van der Waals surface area (Å²) in [5.74, 6) is 0.344. The van der Waals surface area contributed by atoms with E-state index in [4.69, 9.17) is 10.5 Å². The number of phenols is 1. The van der Waals surface area contributed by atoms with Gasteiger partial charge in [-0.25, -0.2) is 0 Å². The zero-order valence-electron chi connectivity index (χ0n) is 9.19. The van der Waals surface area contributed by atoms with Crippen LogP contribution < -0.4 is 10.5 Å². The maximum Gasteiger partial charge on any atom is 0.248 e. The van der Waals surface area contributed by atoms with Gasteiger partial charge in [0.1, 0.15) is 0 Å². The highest BCUT2D eigenvalue weighted by Crippen LogP contribution is 2.47. The maximum atomic E-state index is 11.1. The molecule has 0 radical (unpaired) electrons. The Morgan fingerprint density at radius 2 is 2.25 bits per heavy atom. The number of primary amides is 1. The van der Waals surface area contributed by atoms with Crippen molar-refractivity contribution < 1.29 is 14.6 Å². The van der Waals surface area contributed by atoms with E-state index in [1.807, 2.05) is 6.92 Å². The molecule has 0 aromatic heterocycles. The van der Waals surface area contributed by atoms with Gasteiger partial charge in [-0.05, 0) is 37.8 Å². The highest BCUT2D eigenvalue weighted by Gasteiger charge is 2.28. The van der Waals surface area contributed by atoms with E-state index in [9.17, 15) is 9.90 Å². The minimum Gasteiger partial charge on any atom is -0.504 e. The van der Waals surface area contributed by atoms with E-state index in [0.29, 0.717) is 23.8 Å². The smallest absolute Gasteiger partial charge is 0.248 e. The molecule has 1 aliphatic rings. The largest absolute Gasteiger partial charge is 0.504 e. The van der Waals surface area contributed by atoms with Gasteiger partial charge in [-0.2, -0.15) is 0 Å². The summed E-state index contributed by atoms with van der Waals surface area (Å²) < 4.78 is 5.29. The second-order valence-electron chi connectivity index (χ2n) is 3.98. The van der Waals surface area contributed by atoms with Gasteiger partial charge in [-0.3, -0.25) is 4.79 Å². The Kier molecular flexibility index (Phi) is 2.73. The van der Waals surface area contributed by atoms with Gasteiger partial charge in [0.2, 0.25) is 5.91 Å². The molecule has 0 spiro atoms. The summed E-state index contributed by atoms with van der Waals surface area (Å²) in [6.07, 6.45) is 2.09. The van der Waals surface area contributed by atoms with Gasteiger partial charge in [-0.15, -0.1) is 0 Å². The summed E-state index contributed by atoms with van der Waals surface area (Å²) in [6.45, 7) is 2.27. The van der Waals surface area contributed by atoms with Crippen molar-refractivity contribution in [1.82, 2.24) is 0 Å². The molecule has 0 unspecified atom stereocenters. The molecule has 0 bridgehead atoms. The number of aromatic hydroxyl groups is 1. The summed E-state index contributed by atoms with van der Waals surface area (Å²) in [6, 6.07) is 3.16. The first kappa shape index (κ1) is 10.8. The van der Waals surface area contributed by atoms with Gasteiger partial charge < -0.3 is 15.6 Å². The standard InChI is InChI=1S/C12H15NO3/c1-2-16-10-6-8(12(13)15)5-9(11(10)14)7-3-4-7/h5-7,14H,2-4H2,1H3,(H2,13,15). The van der Waals surface area contributed by atoms with Gasteiger partial charge in [0, 0.05) is 11.1 Å². The van der Waals surface area contributed by atoms with E-state index in [1.165, 1.54) is 6.07 Å². The van der Waals surface area contributed by atoms with Crippen LogP contribution in [0.4, 0.5) is 0 Å². The van der Waals surface area contributed by atoms with E-state index >= 15 is 0 Å². The van der Waals surface area contributed by atoms with Gasteiger partial charge >= 0.3 is 0 Å². The summed E-state index contributed by atoms with van der Waals surface area (Å²) in [5.41, 5.74) is 6.41. The van der Waals surface area contributed by atoms with Crippen LogP contribution in [0.2, 0.25) is 0 Å². The van der Waals surface area contributed by atoms with Crippen LogP contribution in [0.3, 0.4) is 0 Å². The molecule has 86 valence electrons. The first-order valence-electron chi connectivity index (χ1n) is 5.43. The number of hydrogen-bond donors (Lipinski definition) is 2. The fraction of sp³-hybridized carbons (Fsp3) is 0.417. The lowest BCUT2D eigenvalue weighted by atomic mass is 10.0. The molecular formula is C12H15NO3. The van der Waals surface area contributed by atoms with Crippen molar-refractivity contribution in [3.63, 3.8) is 0 Å². The molecule has 2 rings (SSSR count). The van der Waals surface area contributed by atoms with Crippen molar-refractivity contribution in [3.8, 4) is 11.5 Å². The highest BCUT2D eigenvalue weighted by atomic mass is 16.5. The van der Waals surface area contributed by atoms with Crippen LogP contribution in [0, 0.1) is 0 Å². The maximum absolute atomic E-state index is 11.1. The van der Waals surface area contributed by atoms with E-state index in [-0.39, 0.29) is 5.75 Å². The predicted molar refractivity (Wildman–Crippen MR) is 59.8 cm³/mol. The monoisotopic (exact) mass is 221 g/mol. The molecule has 0 aliphatic heterocycles. The average molecular weight is 221 g/mol. The topological polar surface area (TPSA) is 72.5 Å². The summed E-state index contributed by atoms with van der Waals surface area (Å²) in [4.78, 5) is 11.1. The van der Waals surface area contributed by atoms with Gasteiger partial charge in [0.25, 0.3) is 0 Å². The number of hydrogen-bond acceptors (Lipinski definition) is 3. The second kappa shape index (κ2) is 4.04. The third-order valence-electron chi connectivity index (χ3n) is 2.71. The summed E-state index contributed by atoms with van der Waals surface area (Å²) >= 11 is 0. The van der Waals surface area contributed by atoms with Crippen LogP contribution in [-0.2, 0) is 0 Å². The first-order valence-corrected chi connectivity index (χ1v) is 5.43. The molecule has 1 fully saturated rings. The Morgan fingerprint density at radius 1 is 1.56 bits per heavy atom. The van der Waals surface area contributed by atoms with Crippen LogP contribution >= 0.6 is 0 Å². The minimum atomic E-state index is -0.497. The Hall–Kier alpha value is -1.71. The molecule has 0 heterocycles. The van der Waals surface area contributed by atoms with Gasteiger partial charge in [-0.1, -0.05) is 0 Å². The molecule has 1 aliphatic carbocycles. The van der Waals surface area contributed by atoms with Crippen molar-refractivity contribution in [2.75, 3.05) is 6.61 Å². The Morgan fingerprint density at radius 3 is 2.75 bits per heavy atom. The molecule has 3 N–H and O–H groups in total. The van der Waals surface area contributed by atoms with Gasteiger partial charge in [0.15, 0.2) is 11.5 Å². The lowest BCUT2D eigenvalue weighted by Gasteiger charge is -2.11. The number of carbonyl (C=O) groups is 1. The molecule has 0 atom stereocenters. The molecule has 4 nitrogen and oxygen atoms in total. The van der Waals surface area contributed by atoms with Crippen molar-refractivity contribution in [1.29, 1.82) is 0 Å². The summed E-state index contributed by atoms with van der Waals surface area (Å²) in [7, 11) is 0. The molecule has 16 heavy (non-hydrogen) atoms. The number of amides is 1. The number of phenolic OH excluding ortho intramolecular Hbond substituents is 1. The average Bonchev–Trinajstić information content (AvgIpc) is 3.04. The van der Waals surface area contributed by atoms with E-state index < -0.39 is 5.91 Å². The molecule has 1 saturated carbocycles.